The van der Waals surface area contributed by atoms with Crippen LogP contribution in [0.15, 0.2) is 42.5 Å². The zero-order chi connectivity index (χ0) is 19.4. The van der Waals surface area contributed by atoms with Crippen LogP contribution in [0.1, 0.15) is 15.9 Å². The minimum atomic E-state index is -0.429. The predicted octanol–water partition coefficient (Wildman–Crippen LogP) is 2.93. The van der Waals surface area contributed by atoms with Gasteiger partial charge in [-0.05, 0) is 36.9 Å². The molecule has 2 aromatic rings. The fourth-order valence-corrected chi connectivity index (χ4v) is 3.27. The van der Waals surface area contributed by atoms with E-state index in [-0.39, 0.29) is 17.2 Å². The summed E-state index contributed by atoms with van der Waals surface area (Å²) < 4.78 is 0. The lowest BCUT2D eigenvalue weighted by atomic mass is 10.1. The molecular formula is C19H21ClN4O3. The molecule has 0 saturated carbocycles. The van der Waals surface area contributed by atoms with E-state index in [4.69, 9.17) is 11.6 Å². The summed E-state index contributed by atoms with van der Waals surface area (Å²) in [6.07, 6.45) is 0. The van der Waals surface area contributed by atoms with Crippen LogP contribution in [0, 0.1) is 10.1 Å². The van der Waals surface area contributed by atoms with Crippen LogP contribution < -0.4 is 10.2 Å². The van der Waals surface area contributed by atoms with Crippen molar-refractivity contribution in [3.8, 4) is 0 Å². The zero-order valence-corrected chi connectivity index (χ0v) is 15.8. The summed E-state index contributed by atoms with van der Waals surface area (Å²) in [7, 11) is 2.03. The Balaban J connectivity index is 1.75. The van der Waals surface area contributed by atoms with Crippen LogP contribution in [0.5, 0.6) is 0 Å². The molecule has 0 unspecified atom stereocenters. The molecule has 2 aromatic carbocycles. The second kappa shape index (κ2) is 8.37. The normalized spacial score (nSPS) is 14.8. The molecule has 0 aromatic heterocycles. The molecule has 7 nitrogen and oxygen atoms in total. The highest BCUT2D eigenvalue weighted by Crippen LogP contribution is 2.30. The van der Waals surface area contributed by atoms with E-state index in [1.807, 2.05) is 18.0 Å². The van der Waals surface area contributed by atoms with Crippen LogP contribution in [0.3, 0.4) is 0 Å². The van der Waals surface area contributed by atoms with Crippen LogP contribution in [-0.4, -0.2) is 49.0 Å². The minimum absolute atomic E-state index is 0.0463. The Labute approximate surface area is 162 Å². The number of nitro groups is 1. The van der Waals surface area contributed by atoms with Crippen molar-refractivity contribution in [2.24, 2.45) is 0 Å². The number of rotatable bonds is 5. The lowest BCUT2D eigenvalue weighted by Crippen LogP contribution is -2.44. The minimum Gasteiger partial charge on any atom is -0.363 e. The van der Waals surface area contributed by atoms with Crippen molar-refractivity contribution in [2.75, 3.05) is 38.1 Å². The van der Waals surface area contributed by atoms with E-state index in [1.54, 1.807) is 30.3 Å². The van der Waals surface area contributed by atoms with Gasteiger partial charge in [0.05, 0.1) is 4.92 Å². The van der Waals surface area contributed by atoms with Gasteiger partial charge < -0.3 is 15.1 Å². The van der Waals surface area contributed by atoms with E-state index in [2.05, 4.69) is 10.2 Å². The summed E-state index contributed by atoms with van der Waals surface area (Å²) in [6, 6.07) is 11.8. The molecule has 3 rings (SSSR count). The zero-order valence-electron chi connectivity index (χ0n) is 15.0. The Morgan fingerprint density at radius 3 is 2.59 bits per heavy atom. The first-order valence-corrected chi connectivity index (χ1v) is 9.06. The van der Waals surface area contributed by atoms with E-state index in [9.17, 15) is 14.9 Å². The maximum absolute atomic E-state index is 12.4. The van der Waals surface area contributed by atoms with Crippen molar-refractivity contribution < 1.29 is 9.72 Å². The second-order valence-electron chi connectivity index (χ2n) is 6.56. The number of halogens is 1. The third-order valence-electron chi connectivity index (χ3n) is 4.62. The van der Waals surface area contributed by atoms with E-state index in [1.165, 1.54) is 6.07 Å². The molecule has 0 spiro atoms. The van der Waals surface area contributed by atoms with Crippen LogP contribution in [-0.2, 0) is 6.54 Å². The smallest absolute Gasteiger partial charge is 0.293 e. The number of carbonyl (C=O) groups excluding carboxylic acids is 1. The molecule has 1 saturated heterocycles. The molecule has 142 valence electrons. The number of likely N-dealkylation sites (N-methyl/N-ethyl adjacent to an activating group) is 1. The van der Waals surface area contributed by atoms with Crippen molar-refractivity contribution in [3.63, 3.8) is 0 Å². The van der Waals surface area contributed by atoms with Gasteiger partial charge in [0.15, 0.2) is 0 Å². The Morgan fingerprint density at radius 1 is 1.19 bits per heavy atom. The quantitative estimate of drug-likeness (QED) is 0.629. The molecular weight excluding hydrogens is 368 g/mol. The van der Waals surface area contributed by atoms with Crippen LogP contribution in [0.25, 0.3) is 0 Å². The molecule has 8 heteroatoms. The number of amides is 1. The van der Waals surface area contributed by atoms with Gasteiger partial charge in [-0.3, -0.25) is 14.9 Å². The van der Waals surface area contributed by atoms with Gasteiger partial charge in [0.2, 0.25) is 0 Å². The number of nitrogens with zero attached hydrogens (tertiary/aromatic N) is 3. The lowest BCUT2D eigenvalue weighted by molar-refractivity contribution is -0.384. The molecule has 0 radical (unpaired) electrons. The highest BCUT2D eigenvalue weighted by Gasteiger charge is 2.24. The number of nitro benzene ring substituents is 1. The molecule has 27 heavy (non-hydrogen) atoms. The first-order valence-electron chi connectivity index (χ1n) is 8.68. The number of carbonyl (C=O) groups is 1. The van der Waals surface area contributed by atoms with Crippen molar-refractivity contribution in [1.82, 2.24) is 10.2 Å². The number of hydrogen-bond donors (Lipinski definition) is 1. The van der Waals surface area contributed by atoms with Gasteiger partial charge in [0, 0.05) is 49.4 Å². The maximum Gasteiger partial charge on any atom is 0.293 e. The SMILES string of the molecule is CN1CCN(c2ccc(C(=O)NCc3cccc(Cl)c3)cc2[N+](=O)[O-])CC1. The fourth-order valence-electron chi connectivity index (χ4n) is 3.06. The largest absolute Gasteiger partial charge is 0.363 e. The molecule has 1 aliphatic rings. The highest BCUT2D eigenvalue weighted by molar-refractivity contribution is 6.30. The molecule has 1 heterocycles. The molecule has 1 aliphatic heterocycles. The first-order chi connectivity index (χ1) is 12.9. The fraction of sp³-hybridized carbons (Fsp3) is 0.316. The van der Waals surface area contributed by atoms with Crippen LogP contribution in [0.4, 0.5) is 11.4 Å². The summed E-state index contributed by atoms with van der Waals surface area (Å²) >= 11 is 5.94. The number of anilines is 1. The molecule has 0 atom stereocenters. The predicted molar refractivity (Wildman–Crippen MR) is 105 cm³/mol. The standard InChI is InChI=1S/C19H21ClN4O3/c1-22-7-9-23(10-8-22)17-6-5-15(12-18(17)24(26)27)19(25)21-13-14-3-2-4-16(20)11-14/h2-6,11-12H,7-10,13H2,1H3,(H,21,25). The van der Waals surface area contributed by atoms with Crippen molar-refractivity contribution >= 4 is 28.9 Å². The van der Waals surface area contributed by atoms with Crippen molar-refractivity contribution in [1.29, 1.82) is 0 Å². The van der Waals surface area contributed by atoms with Gasteiger partial charge >= 0.3 is 0 Å². The van der Waals surface area contributed by atoms with Gasteiger partial charge in [-0.25, -0.2) is 0 Å². The van der Waals surface area contributed by atoms with E-state index in [0.29, 0.717) is 17.3 Å². The number of nitrogens with one attached hydrogen (secondary N) is 1. The third-order valence-corrected chi connectivity index (χ3v) is 4.86. The summed E-state index contributed by atoms with van der Waals surface area (Å²) in [5.41, 5.74) is 1.63. The van der Waals surface area contributed by atoms with Crippen LogP contribution >= 0.6 is 11.6 Å². The Morgan fingerprint density at radius 2 is 1.93 bits per heavy atom. The second-order valence-corrected chi connectivity index (χ2v) is 7.00. The van der Waals surface area contributed by atoms with E-state index >= 15 is 0 Å². The molecule has 1 fully saturated rings. The summed E-state index contributed by atoms with van der Waals surface area (Å²) in [5, 5.41) is 14.9. The van der Waals surface area contributed by atoms with Gasteiger partial charge in [-0.15, -0.1) is 0 Å². The highest BCUT2D eigenvalue weighted by atomic mass is 35.5. The average molecular weight is 389 g/mol. The number of piperazine rings is 1. The van der Waals surface area contributed by atoms with E-state index < -0.39 is 4.92 Å². The van der Waals surface area contributed by atoms with Gasteiger partial charge in [0.25, 0.3) is 11.6 Å². The molecule has 0 bridgehead atoms. The summed E-state index contributed by atoms with van der Waals surface area (Å²) in [5.74, 6) is -0.358. The maximum atomic E-state index is 12.4. The van der Waals surface area contributed by atoms with Gasteiger partial charge in [-0.2, -0.15) is 0 Å². The Bertz CT molecular complexity index is 851. The molecule has 1 amide bonds. The number of hydrogen-bond acceptors (Lipinski definition) is 5. The third kappa shape index (κ3) is 4.75. The Kier molecular flexibility index (Phi) is 5.93. The monoisotopic (exact) mass is 388 g/mol. The van der Waals surface area contributed by atoms with Gasteiger partial charge in [-0.1, -0.05) is 23.7 Å². The van der Waals surface area contributed by atoms with Gasteiger partial charge in [0.1, 0.15) is 5.69 Å². The summed E-state index contributed by atoms with van der Waals surface area (Å²) in [6.45, 7) is 3.43. The molecule has 1 N–H and O–H groups in total. The van der Waals surface area contributed by atoms with Crippen molar-refractivity contribution in [2.45, 2.75) is 6.54 Å². The van der Waals surface area contributed by atoms with Crippen LogP contribution in [0.2, 0.25) is 5.02 Å². The first kappa shape index (κ1) is 19.1. The van der Waals surface area contributed by atoms with Crippen molar-refractivity contribution in [3.05, 3.63) is 68.7 Å². The molecule has 0 aliphatic carbocycles. The Hall–Kier alpha value is -2.64. The lowest BCUT2D eigenvalue weighted by Gasteiger charge is -2.33. The number of benzene rings is 2. The topological polar surface area (TPSA) is 78.7 Å². The average Bonchev–Trinajstić information content (AvgIpc) is 2.66. The van der Waals surface area contributed by atoms with E-state index in [0.717, 1.165) is 31.7 Å². The summed E-state index contributed by atoms with van der Waals surface area (Å²) in [4.78, 5) is 27.7.